The molecule has 3 fully saturated rings. The molecule has 3 aliphatic heterocycles. The van der Waals surface area contributed by atoms with Crippen molar-refractivity contribution in [3.8, 4) is 5.75 Å². The summed E-state index contributed by atoms with van der Waals surface area (Å²) in [6, 6.07) is 10.2. The van der Waals surface area contributed by atoms with Crippen molar-refractivity contribution in [3.63, 3.8) is 0 Å². The fourth-order valence-electron chi connectivity index (χ4n) is 6.31. The Morgan fingerprint density at radius 1 is 0.868 bits per heavy atom. The molecule has 1 saturated carbocycles. The minimum Gasteiger partial charge on any atom is -0.493 e. The maximum atomic E-state index is 14.0. The molecule has 0 N–H and O–H groups in total. The lowest BCUT2D eigenvalue weighted by Gasteiger charge is -2.35. The van der Waals surface area contributed by atoms with E-state index in [0.29, 0.717) is 35.5 Å². The third kappa shape index (κ3) is 4.46. The monoisotopic (exact) mass is 534 g/mol. The Morgan fingerprint density at radius 2 is 1.66 bits per heavy atom. The molecule has 38 heavy (non-hydrogen) atoms. The van der Waals surface area contributed by atoms with Crippen molar-refractivity contribution in [1.29, 1.82) is 0 Å². The van der Waals surface area contributed by atoms with Crippen molar-refractivity contribution in [2.45, 2.75) is 69.9 Å². The van der Waals surface area contributed by atoms with E-state index in [2.05, 4.69) is 21.9 Å². The van der Waals surface area contributed by atoms with Crippen LogP contribution >= 0.6 is 11.6 Å². The SMILES string of the molecule is O=C1c2cc(Cl)ccc2OCCCCN(C2CC2)c2cc(N3CCCC3)nc3cc(nn23)[C@@H]2CCCCN12. The lowest BCUT2D eigenvalue weighted by Crippen LogP contribution is -2.39. The van der Waals surface area contributed by atoms with Crippen LogP contribution in [-0.4, -0.2) is 64.2 Å². The maximum Gasteiger partial charge on any atom is 0.258 e. The van der Waals surface area contributed by atoms with Gasteiger partial charge in [-0.15, -0.1) is 0 Å². The first-order chi connectivity index (χ1) is 18.7. The molecule has 4 aliphatic rings. The van der Waals surface area contributed by atoms with Crippen LogP contribution in [0.5, 0.6) is 5.75 Å². The highest BCUT2D eigenvalue weighted by Gasteiger charge is 2.35. The molecule has 0 unspecified atom stereocenters. The predicted molar refractivity (Wildman–Crippen MR) is 149 cm³/mol. The van der Waals surface area contributed by atoms with Gasteiger partial charge < -0.3 is 19.4 Å². The van der Waals surface area contributed by atoms with Gasteiger partial charge in [0.15, 0.2) is 5.65 Å². The van der Waals surface area contributed by atoms with E-state index < -0.39 is 0 Å². The highest BCUT2D eigenvalue weighted by Crippen LogP contribution is 2.38. The van der Waals surface area contributed by atoms with Crippen molar-refractivity contribution >= 4 is 34.8 Å². The first-order valence-electron chi connectivity index (χ1n) is 14.3. The number of anilines is 2. The molecular weight excluding hydrogens is 500 g/mol. The first-order valence-corrected chi connectivity index (χ1v) is 14.7. The number of halogens is 1. The Kier molecular flexibility index (Phi) is 6.30. The van der Waals surface area contributed by atoms with Gasteiger partial charge in [0.25, 0.3) is 5.91 Å². The van der Waals surface area contributed by atoms with Gasteiger partial charge in [-0.3, -0.25) is 4.79 Å². The van der Waals surface area contributed by atoms with Crippen LogP contribution in [0.1, 0.15) is 79.9 Å². The van der Waals surface area contributed by atoms with Gasteiger partial charge in [0, 0.05) is 49.4 Å². The molecule has 1 atom stereocenters. The van der Waals surface area contributed by atoms with Crippen LogP contribution in [0.15, 0.2) is 30.3 Å². The molecule has 0 spiro atoms. The number of nitrogens with zero attached hydrogens (tertiary/aromatic N) is 6. The summed E-state index contributed by atoms with van der Waals surface area (Å²) >= 11 is 6.36. The van der Waals surface area contributed by atoms with Crippen molar-refractivity contribution in [1.82, 2.24) is 19.5 Å². The van der Waals surface area contributed by atoms with Gasteiger partial charge in [-0.1, -0.05) is 11.6 Å². The molecule has 2 bridgehead atoms. The molecule has 1 aromatic carbocycles. The number of hydrogen-bond acceptors (Lipinski definition) is 6. The third-order valence-corrected chi connectivity index (χ3v) is 8.69. The summed E-state index contributed by atoms with van der Waals surface area (Å²) in [4.78, 5) is 26.0. The molecule has 2 saturated heterocycles. The van der Waals surface area contributed by atoms with E-state index in [4.69, 9.17) is 26.4 Å². The summed E-state index contributed by atoms with van der Waals surface area (Å²) in [5, 5.41) is 5.71. The Bertz CT molecular complexity index is 1350. The van der Waals surface area contributed by atoms with Crippen molar-refractivity contribution < 1.29 is 9.53 Å². The molecule has 2 aromatic heterocycles. The summed E-state index contributed by atoms with van der Waals surface area (Å²) in [5.74, 6) is 2.76. The minimum absolute atomic E-state index is 0.0373. The van der Waals surface area contributed by atoms with Gasteiger partial charge in [-0.05, 0) is 76.0 Å². The van der Waals surface area contributed by atoms with E-state index in [0.717, 1.165) is 74.7 Å². The van der Waals surface area contributed by atoms with Gasteiger partial charge in [-0.25, -0.2) is 4.98 Å². The number of rotatable bonds is 2. The zero-order valence-electron chi connectivity index (χ0n) is 21.8. The Morgan fingerprint density at radius 3 is 2.50 bits per heavy atom. The molecule has 3 aromatic rings. The third-order valence-electron chi connectivity index (χ3n) is 8.45. The van der Waals surface area contributed by atoms with E-state index in [9.17, 15) is 4.79 Å². The highest BCUT2D eigenvalue weighted by molar-refractivity contribution is 6.31. The number of piperidine rings is 1. The van der Waals surface area contributed by atoms with E-state index >= 15 is 0 Å². The first kappa shape index (κ1) is 24.1. The summed E-state index contributed by atoms with van der Waals surface area (Å²) in [5.41, 5.74) is 2.33. The highest BCUT2D eigenvalue weighted by atomic mass is 35.5. The molecule has 1 amide bonds. The summed E-state index contributed by atoms with van der Waals surface area (Å²) < 4.78 is 8.24. The zero-order valence-corrected chi connectivity index (χ0v) is 22.6. The lowest BCUT2D eigenvalue weighted by atomic mass is 9.98. The fourth-order valence-corrected chi connectivity index (χ4v) is 6.48. The summed E-state index contributed by atoms with van der Waals surface area (Å²) in [6.07, 6.45) is 9.68. The number of fused-ring (bicyclic) bond motifs is 4. The van der Waals surface area contributed by atoms with Gasteiger partial charge in [0.1, 0.15) is 17.4 Å². The number of carbonyl (C=O) groups excluding carboxylic acids is 1. The summed E-state index contributed by atoms with van der Waals surface area (Å²) in [7, 11) is 0. The topological polar surface area (TPSA) is 66.2 Å². The van der Waals surface area contributed by atoms with Crippen molar-refractivity contribution in [2.75, 3.05) is 42.6 Å². The second-order valence-electron chi connectivity index (χ2n) is 11.1. The average Bonchev–Trinajstić information content (AvgIpc) is 3.43. The molecule has 9 heteroatoms. The van der Waals surface area contributed by atoms with E-state index in [1.54, 1.807) is 12.1 Å². The number of carbonyl (C=O) groups is 1. The largest absolute Gasteiger partial charge is 0.493 e. The van der Waals surface area contributed by atoms with Gasteiger partial charge in [-0.2, -0.15) is 9.61 Å². The molecule has 7 rings (SSSR count). The summed E-state index contributed by atoms with van der Waals surface area (Å²) in [6.45, 7) is 4.31. The second-order valence-corrected chi connectivity index (χ2v) is 11.6. The standard InChI is InChI=1S/C29H35ClN6O2/c30-20-8-11-25-22(17-20)29(37)35-15-2-1-7-24(35)23-18-27-31-26(33-12-3-4-13-33)19-28(36(27)32-23)34(21-9-10-21)14-5-6-16-38-25/h8,11,17-19,21,24H,1-7,9-10,12-16H2/t24-/m0/s1. The van der Waals surface area contributed by atoms with Crippen LogP contribution in [0.3, 0.4) is 0 Å². The molecular formula is C29H35ClN6O2. The predicted octanol–water partition coefficient (Wildman–Crippen LogP) is 5.49. The number of hydrogen-bond donors (Lipinski definition) is 0. The number of ether oxygens (including phenoxy) is 1. The van der Waals surface area contributed by atoms with Crippen LogP contribution in [0.25, 0.3) is 5.65 Å². The van der Waals surface area contributed by atoms with Crippen LogP contribution in [0.2, 0.25) is 5.02 Å². The zero-order chi connectivity index (χ0) is 25.6. The second kappa shape index (κ2) is 9.95. The fraction of sp³-hybridized carbons (Fsp3) is 0.552. The number of benzene rings is 1. The van der Waals surface area contributed by atoms with E-state index in [-0.39, 0.29) is 11.9 Å². The molecule has 8 nitrogen and oxygen atoms in total. The molecule has 5 heterocycles. The normalized spacial score (nSPS) is 22.7. The van der Waals surface area contributed by atoms with Crippen LogP contribution < -0.4 is 14.5 Å². The quantitative estimate of drug-likeness (QED) is 0.433. The number of amides is 1. The Hall–Kier alpha value is -3.00. The Labute approximate surface area is 228 Å². The lowest BCUT2D eigenvalue weighted by molar-refractivity contribution is 0.0601. The molecule has 200 valence electrons. The van der Waals surface area contributed by atoms with E-state index in [1.807, 2.05) is 15.5 Å². The molecule has 1 aliphatic carbocycles. The van der Waals surface area contributed by atoms with Crippen LogP contribution in [0, 0.1) is 0 Å². The van der Waals surface area contributed by atoms with Crippen molar-refractivity contribution in [3.05, 3.63) is 46.6 Å². The van der Waals surface area contributed by atoms with Gasteiger partial charge >= 0.3 is 0 Å². The van der Waals surface area contributed by atoms with E-state index in [1.165, 1.54) is 25.7 Å². The average molecular weight is 535 g/mol. The van der Waals surface area contributed by atoms with Gasteiger partial charge in [0.05, 0.1) is 23.9 Å². The van der Waals surface area contributed by atoms with Crippen LogP contribution in [0.4, 0.5) is 11.6 Å². The van der Waals surface area contributed by atoms with Crippen molar-refractivity contribution in [2.24, 2.45) is 0 Å². The smallest absolute Gasteiger partial charge is 0.258 e. The molecule has 0 radical (unpaired) electrons. The Balaban J connectivity index is 1.36. The minimum atomic E-state index is -0.104. The van der Waals surface area contributed by atoms with Crippen LogP contribution in [-0.2, 0) is 0 Å². The number of aromatic nitrogens is 3. The maximum absolute atomic E-state index is 14.0. The van der Waals surface area contributed by atoms with Gasteiger partial charge in [0.2, 0.25) is 0 Å².